The van der Waals surface area contributed by atoms with Crippen LogP contribution in [0.5, 0.6) is 5.75 Å². The fourth-order valence-corrected chi connectivity index (χ4v) is 2.83. The van der Waals surface area contributed by atoms with E-state index in [9.17, 15) is 4.79 Å². The van der Waals surface area contributed by atoms with Crippen LogP contribution in [0.25, 0.3) is 22.4 Å². The lowest BCUT2D eigenvalue weighted by Crippen LogP contribution is -2.20. The van der Waals surface area contributed by atoms with E-state index in [1.807, 2.05) is 56.3 Å². The highest BCUT2D eigenvalue weighted by Gasteiger charge is 2.16. The minimum Gasteiger partial charge on any atom is -0.484 e. The Bertz CT molecular complexity index is 1120. The molecule has 2 aromatic carbocycles. The van der Waals surface area contributed by atoms with Gasteiger partial charge in [-0.15, -0.1) is 5.10 Å². The summed E-state index contributed by atoms with van der Waals surface area (Å²) in [6.45, 7) is 3.83. The zero-order valence-electron chi connectivity index (χ0n) is 15.5. The first kappa shape index (κ1) is 17.7. The number of rotatable bonds is 6. The van der Waals surface area contributed by atoms with Crippen molar-refractivity contribution in [1.82, 2.24) is 20.0 Å². The summed E-state index contributed by atoms with van der Waals surface area (Å²) >= 11 is 0. The Morgan fingerprint density at radius 2 is 1.96 bits per heavy atom. The molecule has 4 rings (SSSR count). The second-order valence-corrected chi connectivity index (χ2v) is 6.51. The fourth-order valence-electron chi connectivity index (χ4n) is 2.83. The van der Waals surface area contributed by atoms with Crippen molar-refractivity contribution < 1.29 is 13.9 Å². The summed E-state index contributed by atoms with van der Waals surface area (Å²) in [5.41, 5.74) is 0.690. The summed E-state index contributed by atoms with van der Waals surface area (Å²) in [4.78, 5) is 12.1. The second-order valence-electron chi connectivity index (χ2n) is 6.51. The monoisotopic (exact) mass is 377 g/mol. The Hall–Kier alpha value is -3.68. The summed E-state index contributed by atoms with van der Waals surface area (Å²) in [6, 6.07) is 15.5. The molecule has 0 bridgehead atoms. The van der Waals surface area contributed by atoms with E-state index in [0.717, 1.165) is 10.8 Å². The standard InChI is InChI=1S/C20H19N5O3/c1-13(2)25-17(9-10-21-25)19-23-24-20(28-19)22-18(26)12-27-16-8-7-14-5-3-4-6-15(14)11-16/h3-11,13H,12H2,1-2H3,(H,22,24,26). The van der Waals surface area contributed by atoms with Gasteiger partial charge >= 0.3 is 6.01 Å². The fraction of sp³-hybridized carbons (Fsp3) is 0.200. The Morgan fingerprint density at radius 3 is 2.79 bits per heavy atom. The number of ether oxygens (including phenoxy) is 1. The molecule has 28 heavy (non-hydrogen) atoms. The molecular formula is C20H19N5O3. The van der Waals surface area contributed by atoms with Crippen molar-refractivity contribution in [1.29, 1.82) is 0 Å². The third-order valence-electron chi connectivity index (χ3n) is 4.14. The van der Waals surface area contributed by atoms with Gasteiger partial charge < -0.3 is 9.15 Å². The zero-order valence-corrected chi connectivity index (χ0v) is 15.5. The van der Waals surface area contributed by atoms with Crippen molar-refractivity contribution in [3.63, 3.8) is 0 Å². The smallest absolute Gasteiger partial charge is 0.322 e. The topological polar surface area (TPSA) is 95.1 Å². The first-order chi connectivity index (χ1) is 13.6. The van der Waals surface area contributed by atoms with Crippen LogP contribution in [0.4, 0.5) is 6.01 Å². The van der Waals surface area contributed by atoms with Crippen LogP contribution in [0.15, 0.2) is 59.1 Å². The van der Waals surface area contributed by atoms with E-state index in [-0.39, 0.29) is 30.5 Å². The first-order valence-electron chi connectivity index (χ1n) is 8.89. The van der Waals surface area contributed by atoms with E-state index in [1.54, 1.807) is 16.9 Å². The normalized spacial score (nSPS) is 11.1. The van der Waals surface area contributed by atoms with E-state index in [2.05, 4.69) is 20.6 Å². The number of aromatic nitrogens is 4. The molecule has 0 aliphatic heterocycles. The predicted octanol–water partition coefficient (Wildman–Crippen LogP) is 3.68. The Labute approximate surface area is 161 Å². The molecule has 0 radical (unpaired) electrons. The third kappa shape index (κ3) is 3.71. The van der Waals surface area contributed by atoms with Crippen LogP contribution in [-0.2, 0) is 4.79 Å². The number of anilines is 1. The van der Waals surface area contributed by atoms with E-state index in [0.29, 0.717) is 11.4 Å². The molecule has 0 saturated carbocycles. The summed E-state index contributed by atoms with van der Waals surface area (Å²) in [5.74, 6) is 0.513. The SMILES string of the molecule is CC(C)n1nccc1-c1nnc(NC(=O)COc2ccc3ccccc3c2)o1. The molecule has 0 spiro atoms. The molecule has 0 unspecified atom stereocenters. The quantitative estimate of drug-likeness (QED) is 0.551. The number of fused-ring (bicyclic) bond motifs is 1. The van der Waals surface area contributed by atoms with Crippen LogP contribution in [0.1, 0.15) is 19.9 Å². The lowest BCUT2D eigenvalue weighted by molar-refractivity contribution is -0.118. The van der Waals surface area contributed by atoms with Crippen molar-refractivity contribution in [2.75, 3.05) is 11.9 Å². The van der Waals surface area contributed by atoms with Gasteiger partial charge in [0.05, 0.1) is 0 Å². The average molecular weight is 377 g/mol. The molecule has 0 aliphatic carbocycles. The van der Waals surface area contributed by atoms with Crippen molar-refractivity contribution in [3.05, 3.63) is 54.7 Å². The van der Waals surface area contributed by atoms with E-state index < -0.39 is 0 Å². The summed E-state index contributed by atoms with van der Waals surface area (Å²) in [6.07, 6.45) is 1.66. The summed E-state index contributed by atoms with van der Waals surface area (Å²) in [7, 11) is 0. The first-order valence-corrected chi connectivity index (χ1v) is 8.89. The largest absolute Gasteiger partial charge is 0.484 e. The van der Waals surface area contributed by atoms with Gasteiger partial charge in [0.1, 0.15) is 11.4 Å². The highest BCUT2D eigenvalue weighted by atomic mass is 16.5. The number of hydrogen-bond donors (Lipinski definition) is 1. The molecule has 8 heteroatoms. The average Bonchev–Trinajstić information content (AvgIpc) is 3.35. The van der Waals surface area contributed by atoms with Crippen LogP contribution in [0.3, 0.4) is 0 Å². The maximum atomic E-state index is 12.1. The van der Waals surface area contributed by atoms with Gasteiger partial charge in [-0.2, -0.15) is 5.10 Å². The number of nitrogens with one attached hydrogen (secondary N) is 1. The van der Waals surface area contributed by atoms with Crippen LogP contribution in [0.2, 0.25) is 0 Å². The number of carbonyl (C=O) groups excluding carboxylic acids is 1. The Balaban J connectivity index is 1.38. The van der Waals surface area contributed by atoms with Crippen LogP contribution < -0.4 is 10.1 Å². The zero-order chi connectivity index (χ0) is 19.5. The van der Waals surface area contributed by atoms with Gasteiger partial charge in [0, 0.05) is 12.2 Å². The van der Waals surface area contributed by atoms with Gasteiger partial charge in [-0.3, -0.25) is 14.8 Å². The lowest BCUT2D eigenvalue weighted by atomic mass is 10.1. The van der Waals surface area contributed by atoms with E-state index >= 15 is 0 Å². The van der Waals surface area contributed by atoms with Crippen LogP contribution in [0, 0.1) is 0 Å². The third-order valence-corrected chi connectivity index (χ3v) is 4.14. The molecule has 2 aromatic heterocycles. The highest BCUT2D eigenvalue weighted by molar-refractivity contribution is 5.90. The van der Waals surface area contributed by atoms with Gasteiger partial charge in [0.15, 0.2) is 6.61 Å². The molecule has 4 aromatic rings. The molecule has 1 N–H and O–H groups in total. The van der Waals surface area contributed by atoms with Crippen molar-refractivity contribution in [2.24, 2.45) is 0 Å². The summed E-state index contributed by atoms with van der Waals surface area (Å²) in [5, 5.41) is 16.8. The number of nitrogens with zero attached hydrogens (tertiary/aromatic N) is 4. The summed E-state index contributed by atoms with van der Waals surface area (Å²) < 4.78 is 12.9. The van der Waals surface area contributed by atoms with Gasteiger partial charge in [0.2, 0.25) is 0 Å². The van der Waals surface area contributed by atoms with Gasteiger partial charge in [0.25, 0.3) is 11.8 Å². The van der Waals surface area contributed by atoms with Crippen LogP contribution >= 0.6 is 0 Å². The van der Waals surface area contributed by atoms with Gasteiger partial charge in [-0.25, -0.2) is 0 Å². The maximum absolute atomic E-state index is 12.1. The van der Waals surface area contributed by atoms with E-state index in [4.69, 9.17) is 9.15 Å². The number of amides is 1. The maximum Gasteiger partial charge on any atom is 0.322 e. The molecule has 142 valence electrons. The van der Waals surface area contributed by atoms with Crippen molar-refractivity contribution in [3.8, 4) is 17.3 Å². The number of hydrogen-bond acceptors (Lipinski definition) is 6. The van der Waals surface area contributed by atoms with Gasteiger partial charge in [-0.05, 0) is 42.8 Å². The van der Waals surface area contributed by atoms with Gasteiger partial charge in [-0.1, -0.05) is 35.4 Å². The Morgan fingerprint density at radius 1 is 1.14 bits per heavy atom. The molecule has 0 atom stereocenters. The molecule has 0 fully saturated rings. The number of carbonyl (C=O) groups is 1. The minimum absolute atomic E-state index is 0.0126. The molecule has 1 amide bonds. The van der Waals surface area contributed by atoms with Crippen LogP contribution in [-0.4, -0.2) is 32.5 Å². The Kier molecular flexibility index (Phi) is 4.76. The molecular weight excluding hydrogens is 358 g/mol. The molecule has 0 saturated heterocycles. The molecule has 0 aliphatic rings. The second kappa shape index (κ2) is 7.51. The lowest BCUT2D eigenvalue weighted by Gasteiger charge is -2.07. The minimum atomic E-state index is -0.388. The predicted molar refractivity (Wildman–Crippen MR) is 104 cm³/mol. The van der Waals surface area contributed by atoms with Crippen molar-refractivity contribution in [2.45, 2.75) is 19.9 Å². The number of benzene rings is 2. The molecule has 8 nitrogen and oxygen atoms in total. The highest BCUT2D eigenvalue weighted by Crippen LogP contribution is 2.23. The molecule has 2 heterocycles. The van der Waals surface area contributed by atoms with E-state index in [1.165, 1.54) is 0 Å². The van der Waals surface area contributed by atoms with Crippen molar-refractivity contribution >= 4 is 22.7 Å².